The monoisotopic (exact) mass is 338 g/mol. The van der Waals surface area contributed by atoms with Crippen molar-refractivity contribution in [2.45, 2.75) is 38.1 Å². The summed E-state index contributed by atoms with van der Waals surface area (Å²) in [6.45, 7) is 0.0245. The molecule has 1 aliphatic carbocycles. The second-order valence-electron chi connectivity index (χ2n) is 5.06. The van der Waals surface area contributed by atoms with Crippen LogP contribution in [0, 0.1) is 0 Å². The van der Waals surface area contributed by atoms with E-state index in [1.165, 1.54) is 19.3 Å². The first-order valence-electron chi connectivity index (χ1n) is 6.99. The van der Waals surface area contributed by atoms with Crippen molar-refractivity contribution in [3.8, 4) is 0 Å². The Morgan fingerprint density at radius 2 is 1.85 bits per heavy atom. The number of hydrogen-bond donors (Lipinski definition) is 2. The highest BCUT2D eigenvalue weighted by Crippen LogP contribution is 2.17. The third kappa shape index (κ3) is 4.34. The molecule has 0 saturated heterocycles. The van der Waals surface area contributed by atoms with E-state index in [0.717, 1.165) is 17.3 Å². The van der Waals surface area contributed by atoms with Crippen LogP contribution in [0.3, 0.4) is 0 Å². The number of amides is 2. The molecule has 1 aromatic rings. The maximum absolute atomic E-state index is 11.9. The zero-order valence-electron chi connectivity index (χ0n) is 11.3. The summed E-state index contributed by atoms with van der Waals surface area (Å²) < 4.78 is 0.727. The molecule has 0 spiro atoms. The Labute approximate surface area is 127 Å². The number of hydrogen-bond acceptors (Lipinski definition) is 2. The molecule has 5 heteroatoms. The van der Waals surface area contributed by atoms with Crippen molar-refractivity contribution in [2.75, 3.05) is 6.54 Å². The molecule has 0 aromatic heterocycles. The molecule has 1 aromatic carbocycles. The van der Waals surface area contributed by atoms with E-state index >= 15 is 0 Å². The molecule has 0 radical (unpaired) electrons. The second-order valence-corrected chi connectivity index (χ2v) is 5.92. The van der Waals surface area contributed by atoms with Crippen LogP contribution in [0.5, 0.6) is 0 Å². The van der Waals surface area contributed by atoms with Gasteiger partial charge in [-0.1, -0.05) is 31.4 Å². The number of carbonyl (C=O) groups is 2. The first kappa shape index (κ1) is 15.0. The molecule has 0 unspecified atom stereocenters. The smallest absolute Gasteiger partial charge is 0.252 e. The van der Waals surface area contributed by atoms with Crippen LogP contribution < -0.4 is 10.6 Å². The van der Waals surface area contributed by atoms with Gasteiger partial charge in [0.05, 0.1) is 12.1 Å². The van der Waals surface area contributed by atoms with Gasteiger partial charge in [0.25, 0.3) is 5.91 Å². The first-order valence-corrected chi connectivity index (χ1v) is 7.78. The second kappa shape index (κ2) is 7.43. The highest BCUT2D eigenvalue weighted by atomic mass is 79.9. The summed E-state index contributed by atoms with van der Waals surface area (Å²) in [6.07, 6.45) is 5.70. The van der Waals surface area contributed by atoms with Gasteiger partial charge in [-0.05, 0) is 40.9 Å². The zero-order chi connectivity index (χ0) is 14.4. The first-order chi connectivity index (χ1) is 9.66. The van der Waals surface area contributed by atoms with Crippen molar-refractivity contribution < 1.29 is 9.59 Å². The molecule has 20 heavy (non-hydrogen) atoms. The number of benzene rings is 1. The molecule has 2 rings (SSSR count). The van der Waals surface area contributed by atoms with Crippen molar-refractivity contribution in [1.82, 2.24) is 10.6 Å². The molecule has 0 bridgehead atoms. The van der Waals surface area contributed by atoms with Crippen LogP contribution in [-0.2, 0) is 4.79 Å². The fourth-order valence-corrected chi connectivity index (χ4v) is 2.89. The predicted octanol–water partition coefficient (Wildman–Crippen LogP) is 2.63. The minimum absolute atomic E-state index is 0.0245. The summed E-state index contributed by atoms with van der Waals surface area (Å²) in [5.41, 5.74) is 0.540. The molecule has 108 valence electrons. The Hall–Kier alpha value is -1.36. The van der Waals surface area contributed by atoms with Crippen LogP contribution >= 0.6 is 15.9 Å². The highest BCUT2D eigenvalue weighted by molar-refractivity contribution is 9.10. The number of nitrogens with one attached hydrogen (secondary N) is 2. The molecule has 1 aliphatic rings. The van der Waals surface area contributed by atoms with E-state index in [-0.39, 0.29) is 24.4 Å². The SMILES string of the molecule is O=C(CNC(=O)c1ccccc1Br)NC1CCCCC1. The minimum Gasteiger partial charge on any atom is -0.352 e. The number of rotatable bonds is 4. The molecule has 2 N–H and O–H groups in total. The lowest BCUT2D eigenvalue weighted by Crippen LogP contribution is -2.42. The van der Waals surface area contributed by atoms with Gasteiger partial charge in [-0.2, -0.15) is 0 Å². The van der Waals surface area contributed by atoms with E-state index in [0.29, 0.717) is 5.56 Å². The van der Waals surface area contributed by atoms with Gasteiger partial charge in [0.15, 0.2) is 0 Å². The van der Waals surface area contributed by atoms with Gasteiger partial charge in [-0.15, -0.1) is 0 Å². The van der Waals surface area contributed by atoms with Gasteiger partial charge < -0.3 is 10.6 Å². The third-order valence-electron chi connectivity index (χ3n) is 3.50. The fraction of sp³-hybridized carbons (Fsp3) is 0.467. The average molecular weight is 339 g/mol. The molecule has 2 amide bonds. The topological polar surface area (TPSA) is 58.2 Å². The van der Waals surface area contributed by atoms with E-state index in [4.69, 9.17) is 0 Å². The van der Waals surface area contributed by atoms with E-state index in [1.54, 1.807) is 18.2 Å². The highest BCUT2D eigenvalue weighted by Gasteiger charge is 2.16. The quantitative estimate of drug-likeness (QED) is 0.886. The third-order valence-corrected chi connectivity index (χ3v) is 4.19. The van der Waals surface area contributed by atoms with Crippen molar-refractivity contribution in [3.05, 3.63) is 34.3 Å². The van der Waals surface area contributed by atoms with Crippen molar-refractivity contribution >= 4 is 27.7 Å². The summed E-state index contributed by atoms with van der Waals surface area (Å²) in [7, 11) is 0. The van der Waals surface area contributed by atoms with Gasteiger partial charge in [0.1, 0.15) is 0 Å². The molecule has 0 atom stereocenters. The normalized spacial score (nSPS) is 15.7. The van der Waals surface area contributed by atoms with Crippen molar-refractivity contribution in [1.29, 1.82) is 0 Å². The van der Waals surface area contributed by atoms with Gasteiger partial charge >= 0.3 is 0 Å². The predicted molar refractivity (Wildman–Crippen MR) is 81.5 cm³/mol. The van der Waals surface area contributed by atoms with Gasteiger partial charge in [-0.3, -0.25) is 9.59 Å². The van der Waals surface area contributed by atoms with E-state index in [9.17, 15) is 9.59 Å². The van der Waals surface area contributed by atoms with Crippen LogP contribution in [0.2, 0.25) is 0 Å². The molecule has 0 heterocycles. The maximum atomic E-state index is 11.9. The summed E-state index contributed by atoms with van der Waals surface area (Å²) in [5.74, 6) is -0.353. The minimum atomic E-state index is -0.240. The number of carbonyl (C=O) groups excluding carboxylic acids is 2. The Balaban J connectivity index is 1.78. The van der Waals surface area contributed by atoms with Gasteiger partial charge in [0.2, 0.25) is 5.91 Å². The lowest BCUT2D eigenvalue weighted by Gasteiger charge is -2.22. The lowest BCUT2D eigenvalue weighted by atomic mass is 9.95. The van der Waals surface area contributed by atoms with Crippen molar-refractivity contribution in [2.24, 2.45) is 0 Å². The zero-order valence-corrected chi connectivity index (χ0v) is 12.9. The Kier molecular flexibility index (Phi) is 5.59. The van der Waals surface area contributed by atoms with E-state index in [1.807, 2.05) is 6.07 Å². The van der Waals surface area contributed by atoms with Gasteiger partial charge in [-0.25, -0.2) is 0 Å². The molecule has 4 nitrogen and oxygen atoms in total. The number of halogens is 1. The van der Waals surface area contributed by atoms with Crippen LogP contribution in [0.4, 0.5) is 0 Å². The molecule has 1 saturated carbocycles. The fourth-order valence-electron chi connectivity index (χ4n) is 2.43. The van der Waals surface area contributed by atoms with E-state index < -0.39 is 0 Å². The summed E-state index contributed by atoms with van der Waals surface area (Å²) in [6, 6.07) is 7.44. The molecular weight excluding hydrogens is 320 g/mol. The van der Waals surface area contributed by atoms with Crippen LogP contribution in [0.15, 0.2) is 28.7 Å². The Morgan fingerprint density at radius 3 is 2.55 bits per heavy atom. The standard InChI is InChI=1S/C15H19BrN2O2/c16-13-9-5-4-8-12(13)15(20)17-10-14(19)18-11-6-2-1-3-7-11/h4-5,8-9,11H,1-3,6-7,10H2,(H,17,20)(H,18,19). The van der Waals surface area contributed by atoms with Crippen LogP contribution in [0.25, 0.3) is 0 Å². The largest absolute Gasteiger partial charge is 0.352 e. The maximum Gasteiger partial charge on any atom is 0.252 e. The van der Waals surface area contributed by atoms with Crippen LogP contribution in [-0.4, -0.2) is 24.4 Å². The lowest BCUT2D eigenvalue weighted by molar-refractivity contribution is -0.121. The average Bonchev–Trinajstić information content (AvgIpc) is 2.46. The Bertz CT molecular complexity index is 485. The molecular formula is C15H19BrN2O2. The van der Waals surface area contributed by atoms with Gasteiger partial charge in [0, 0.05) is 10.5 Å². The van der Waals surface area contributed by atoms with E-state index in [2.05, 4.69) is 26.6 Å². The molecule has 0 aliphatic heterocycles. The summed E-state index contributed by atoms with van der Waals surface area (Å²) >= 11 is 3.32. The summed E-state index contributed by atoms with van der Waals surface area (Å²) in [5, 5.41) is 5.62. The molecule has 1 fully saturated rings. The van der Waals surface area contributed by atoms with Crippen molar-refractivity contribution in [3.63, 3.8) is 0 Å². The van der Waals surface area contributed by atoms with Crippen LogP contribution in [0.1, 0.15) is 42.5 Å². The Morgan fingerprint density at radius 1 is 1.15 bits per heavy atom. The summed E-state index contributed by atoms with van der Waals surface area (Å²) in [4.78, 5) is 23.7.